The van der Waals surface area contributed by atoms with E-state index >= 15 is 0 Å². The standard InChI is InChI=1S/C12H13F2NO/c1-3-15-7(2)10-6-8-4-5-9(13)11(14)12(8)16-10/h4-7,15H,3H2,1-2H3. The van der Waals surface area contributed by atoms with Crippen molar-refractivity contribution in [1.82, 2.24) is 5.32 Å². The van der Waals surface area contributed by atoms with Crippen LogP contribution in [0.3, 0.4) is 0 Å². The average molecular weight is 225 g/mol. The van der Waals surface area contributed by atoms with Crippen LogP contribution in [0.1, 0.15) is 25.6 Å². The second kappa shape index (κ2) is 4.22. The van der Waals surface area contributed by atoms with Crippen molar-refractivity contribution in [3.8, 4) is 0 Å². The summed E-state index contributed by atoms with van der Waals surface area (Å²) in [5.41, 5.74) is -0.0141. The smallest absolute Gasteiger partial charge is 0.201 e. The highest BCUT2D eigenvalue weighted by Gasteiger charge is 2.15. The van der Waals surface area contributed by atoms with Crippen molar-refractivity contribution in [3.05, 3.63) is 35.6 Å². The van der Waals surface area contributed by atoms with Gasteiger partial charge in [0.25, 0.3) is 0 Å². The Bertz CT molecular complexity index is 507. The van der Waals surface area contributed by atoms with Gasteiger partial charge in [-0.1, -0.05) is 6.92 Å². The van der Waals surface area contributed by atoms with Crippen molar-refractivity contribution in [2.75, 3.05) is 6.54 Å². The molecule has 0 amide bonds. The van der Waals surface area contributed by atoms with Crippen LogP contribution < -0.4 is 5.32 Å². The van der Waals surface area contributed by atoms with Crippen LogP contribution in [0.2, 0.25) is 0 Å². The molecule has 0 saturated carbocycles. The lowest BCUT2D eigenvalue weighted by atomic mass is 10.2. The molecule has 4 heteroatoms. The highest BCUT2D eigenvalue weighted by Crippen LogP contribution is 2.27. The van der Waals surface area contributed by atoms with E-state index in [4.69, 9.17) is 4.42 Å². The molecule has 0 fully saturated rings. The maximum atomic E-state index is 13.4. The summed E-state index contributed by atoms with van der Waals surface area (Å²) in [5, 5.41) is 3.73. The molecule has 0 spiro atoms. The molecular formula is C12H13F2NO. The number of furan rings is 1. The Kier molecular flexibility index (Phi) is 2.92. The highest BCUT2D eigenvalue weighted by molar-refractivity contribution is 5.78. The van der Waals surface area contributed by atoms with Gasteiger partial charge in [0.2, 0.25) is 5.82 Å². The van der Waals surface area contributed by atoms with Gasteiger partial charge in [0.05, 0.1) is 6.04 Å². The van der Waals surface area contributed by atoms with Gasteiger partial charge in [0.1, 0.15) is 5.76 Å². The summed E-state index contributed by atoms with van der Waals surface area (Å²) >= 11 is 0. The van der Waals surface area contributed by atoms with Crippen LogP contribution in [-0.2, 0) is 0 Å². The lowest BCUT2D eigenvalue weighted by Gasteiger charge is -2.07. The number of rotatable bonds is 3. The average Bonchev–Trinajstić information content (AvgIpc) is 2.69. The van der Waals surface area contributed by atoms with Crippen LogP contribution in [0.25, 0.3) is 11.0 Å². The fraction of sp³-hybridized carbons (Fsp3) is 0.333. The molecule has 0 aliphatic rings. The molecule has 1 unspecified atom stereocenters. The van der Waals surface area contributed by atoms with E-state index in [1.165, 1.54) is 6.07 Å². The quantitative estimate of drug-likeness (QED) is 0.866. The van der Waals surface area contributed by atoms with Crippen LogP contribution >= 0.6 is 0 Å². The van der Waals surface area contributed by atoms with Crippen LogP contribution in [0.5, 0.6) is 0 Å². The number of nitrogens with one attached hydrogen (secondary N) is 1. The molecule has 2 rings (SSSR count). The molecule has 0 bridgehead atoms. The molecule has 1 heterocycles. The molecule has 0 saturated heterocycles. The zero-order chi connectivity index (χ0) is 11.7. The molecule has 1 N–H and O–H groups in total. The van der Waals surface area contributed by atoms with Crippen LogP contribution in [0, 0.1) is 11.6 Å². The summed E-state index contributed by atoms with van der Waals surface area (Å²) in [4.78, 5) is 0. The van der Waals surface area contributed by atoms with Gasteiger partial charge >= 0.3 is 0 Å². The van der Waals surface area contributed by atoms with Gasteiger partial charge in [-0.25, -0.2) is 4.39 Å². The van der Waals surface area contributed by atoms with Crippen LogP contribution in [-0.4, -0.2) is 6.54 Å². The van der Waals surface area contributed by atoms with Gasteiger partial charge in [-0.05, 0) is 31.7 Å². The fourth-order valence-electron chi connectivity index (χ4n) is 1.69. The molecule has 1 aromatic heterocycles. The van der Waals surface area contributed by atoms with Crippen molar-refractivity contribution in [2.24, 2.45) is 0 Å². The van der Waals surface area contributed by atoms with Crippen molar-refractivity contribution >= 4 is 11.0 Å². The number of halogens is 2. The van der Waals surface area contributed by atoms with E-state index in [-0.39, 0.29) is 11.6 Å². The van der Waals surface area contributed by atoms with Gasteiger partial charge in [0.15, 0.2) is 11.4 Å². The topological polar surface area (TPSA) is 25.2 Å². The molecule has 86 valence electrons. The van der Waals surface area contributed by atoms with E-state index in [1.807, 2.05) is 13.8 Å². The molecule has 1 atom stereocenters. The van der Waals surface area contributed by atoms with Gasteiger partial charge in [-0.3, -0.25) is 0 Å². The Balaban J connectivity index is 2.48. The monoisotopic (exact) mass is 225 g/mol. The zero-order valence-corrected chi connectivity index (χ0v) is 9.18. The van der Waals surface area contributed by atoms with E-state index in [0.717, 1.165) is 12.6 Å². The SMILES string of the molecule is CCNC(C)c1cc2ccc(F)c(F)c2o1. The van der Waals surface area contributed by atoms with Crippen molar-refractivity contribution in [2.45, 2.75) is 19.9 Å². The van der Waals surface area contributed by atoms with Crippen LogP contribution in [0.4, 0.5) is 8.78 Å². The number of hydrogen-bond acceptors (Lipinski definition) is 2. The van der Waals surface area contributed by atoms with Crippen molar-refractivity contribution < 1.29 is 13.2 Å². The van der Waals surface area contributed by atoms with Gasteiger partial charge in [0, 0.05) is 5.39 Å². The molecule has 1 aromatic carbocycles. The second-order valence-corrected chi connectivity index (χ2v) is 3.71. The van der Waals surface area contributed by atoms with Gasteiger partial charge < -0.3 is 9.73 Å². The first-order valence-corrected chi connectivity index (χ1v) is 5.24. The molecule has 0 radical (unpaired) electrons. The predicted octanol–water partition coefficient (Wildman–Crippen LogP) is 3.38. The lowest BCUT2D eigenvalue weighted by Crippen LogP contribution is -2.16. The third-order valence-corrected chi connectivity index (χ3v) is 2.54. The second-order valence-electron chi connectivity index (χ2n) is 3.71. The summed E-state index contributed by atoms with van der Waals surface area (Å²) in [6.07, 6.45) is 0. The normalized spacial score (nSPS) is 13.2. The van der Waals surface area contributed by atoms with E-state index < -0.39 is 11.6 Å². The Labute approximate surface area is 92.2 Å². The first-order valence-electron chi connectivity index (χ1n) is 5.24. The Morgan fingerprint density at radius 1 is 1.38 bits per heavy atom. The maximum Gasteiger partial charge on any atom is 0.201 e. The third kappa shape index (κ3) is 1.80. The minimum atomic E-state index is -0.924. The Hall–Kier alpha value is -1.42. The summed E-state index contributed by atoms with van der Waals surface area (Å²) < 4.78 is 31.6. The van der Waals surface area contributed by atoms with Gasteiger partial charge in [-0.2, -0.15) is 4.39 Å². The minimum absolute atomic E-state index is 0.0140. The number of hydrogen-bond donors (Lipinski definition) is 1. The Morgan fingerprint density at radius 3 is 2.81 bits per heavy atom. The number of benzene rings is 1. The first-order chi connectivity index (χ1) is 7.63. The molecular weight excluding hydrogens is 212 g/mol. The summed E-state index contributed by atoms with van der Waals surface area (Å²) in [5.74, 6) is -1.20. The highest BCUT2D eigenvalue weighted by atomic mass is 19.2. The first kappa shape index (κ1) is 11.1. The minimum Gasteiger partial charge on any atom is -0.456 e. The molecule has 2 nitrogen and oxygen atoms in total. The fourth-order valence-corrected chi connectivity index (χ4v) is 1.69. The third-order valence-electron chi connectivity index (χ3n) is 2.54. The van der Waals surface area contributed by atoms with Crippen molar-refractivity contribution in [3.63, 3.8) is 0 Å². The summed E-state index contributed by atoms with van der Waals surface area (Å²) in [6, 6.07) is 4.33. The van der Waals surface area contributed by atoms with Crippen LogP contribution in [0.15, 0.2) is 22.6 Å². The molecule has 0 aliphatic carbocycles. The van der Waals surface area contributed by atoms with E-state index in [1.54, 1.807) is 6.07 Å². The largest absolute Gasteiger partial charge is 0.456 e. The van der Waals surface area contributed by atoms with Gasteiger partial charge in [-0.15, -0.1) is 0 Å². The molecule has 0 aliphatic heterocycles. The summed E-state index contributed by atoms with van der Waals surface area (Å²) in [6.45, 7) is 4.67. The Morgan fingerprint density at radius 2 is 2.12 bits per heavy atom. The molecule has 2 aromatic rings. The number of fused-ring (bicyclic) bond motifs is 1. The molecule has 16 heavy (non-hydrogen) atoms. The predicted molar refractivity (Wildman–Crippen MR) is 58.2 cm³/mol. The van der Waals surface area contributed by atoms with E-state index in [9.17, 15) is 8.78 Å². The van der Waals surface area contributed by atoms with Crippen molar-refractivity contribution in [1.29, 1.82) is 0 Å². The van der Waals surface area contributed by atoms with E-state index in [2.05, 4.69) is 5.32 Å². The maximum absolute atomic E-state index is 13.4. The van der Waals surface area contributed by atoms with E-state index in [0.29, 0.717) is 11.1 Å². The summed E-state index contributed by atoms with van der Waals surface area (Å²) in [7, 11) is 0. The zero-order valence-electron chi connectivity index (χ0n) is 9.18. The lowest BCUT2D eigenvalue weighted by molar-refractivity contribution is 0.439.